The van der Waals surface area contributed by atoms with E-state index in [4.69, 9.17) is 4.42 Å². The summed E-state index contributed by atoms with van der Waals surface area (Å²) in [5, 5.41) is 11.7. The molecule has 0 amide bonds. The molecule has 122 valence electrons. The zero-order valence-corrected chi connectivity index (χ0v) is 14.2. The van der Waals surface area contributed by atoms with Crippen LogP contribution in [0, 0.1) is 0 Å². The van der Waals surface area contributed by atoms with Gasteiger partial charge in [-0.3, -0.25) is 0 Å². The lowest BCUT2D eigenvalue weighted by Gasteiger charge is -2.05. The van der Waals surface area contributed by atoms with Crippen LogP contribution in [0.3, 0.4) is 0 Å². The van der Waals surface area contributed by atoms with Gasteiger partial charge in [-0.05, 0) is 19.4 Å². The van der Waals surface area contributed by atoms with Crippen molar-refractivity contribution in [3.8, 4) is 0 Å². The first-order valence-corrected chi connectivity index (χ1v) is 8.77. The Morgan fingerprint density at radius 2 is 1.43 bits per heavy atom. The van der Waals surface area contributed by atoms with Gasteiger partial charge in [0.15, 0.2) is 0 Å². The number of nitrogens with one attached hydrogen (secondary N) is 1. The molecule has 1 heterocycles. The second-order valence-electron chi connectivity index (χ2n) is 6.17. The lowest BCUT2D eigenvalue weighted by atomic mass is 10.1. The molecule has 0 fully saturated rings. The molecule has 1 aromatic heterocycles. The third-order valence-electron chi connectivity index (χ3n) is 3.62. The standard InChI is InChI=1S/C17H33N3O/c1-4-5-6-7-8-9-10-12-16-19-20-17(21-16)13-11-14-18-15(2)3/h15,18H,4-14H2,1-3H3. The Kier molecular flexibility index (Phi) is 10.1. The topological polar surface area (TPSA) is 51.0 Å². The van der Waals surface area contributed by atoms with Gasteiger partial charge in [0.25, 0.3) is 0 Å². The molecule has 0 radical (unpaired) electrons. The molecule has 0 bridgehead atoms. The smallest absolute Gasteiger partial charge is 0.216 e. The molecule has 0 aliphatic rings. The Labute approximate surface area is 130 Å². The van der Waals surface area contributed by atoms with Crippen molar-refractivity contribution in [1.29, 1.82) is 0 Å². The fourth-order valence-electron chi connectivity index (χ4n) is 2.35. The van der Waals surface area contributed by atoms with Crippen molar-refractivity contribution in [3.63, 3.8) is 0 Å². The van der Waals surface area contributed by atoms with Crippen LogP contribution in [0.1, 0.15) is 83.9 Å². The zero-order valence-electron chi connectivity index (χ0n) is 14.2. The van der Waals surface area contributed by atoms with Crippen molar-refractivity contribution in [2.45, 2.75) is 91.0 Å². The quantitative estimate of drug-likeness (QED) is 0.551. The highest BCUT2D eigenvalue weighted by molar-refractivity contribution is 4.82. The highest BCUT2D eigenvalue weighted by atomic mass is 16.4. The normalized spacial score (nSPS) is 11.4. The predicted molar refractivity (Wildman–Crippen MR) is 87.5 cm³/mol. The van der Waals surface area contributed by atoms with E-state index in [0.717, 1.165) is 37.6 Å². The lowest BCUT2D eigenvalue weighted by molar-refractivity contribution is 0.431. The van der Waals surface area contributed by atoms with Crippen LogP contribution in [0.15, 0.2) is 4.42 Å². The first-order chi connectivity index (χ1) is 10.2. The Morgan fingerprint density at radius 1 is 0.857 bits per heavy atom. The van der Waals surface area contributed by atoms with E-state index in [1.165, 1.54) is 44.9 Å². The Bertz CT molecular complexity index is 350. The summed E-state index contributed by atoms with van der Waals surface area (Å²) in [7, 11) is 0. The van der Waals surface area contributed by atoms with Crippen LogP contribution in [0.4, 0.5) is 0 Å². The van der Waals surface area contributed by atoms with E-state index in [9.17, 15) is 0 Å². The number of aromatic nitrogens is 2. The van der Waals surface area contributed by atoms with Gasteiger partial charge in [0, 0.05) is 18.9 Å². The molecule has 21 heavy (non-hydrogen) atoms. The average Bonchev–Trinajstić information content (AvgIpc) is 2.90. The monoisotopic (exact) mass is 295 g/mol. The summed E-state index contributed by atoms with van der Waals surface area (Å²) >= 11 is 0. The molecular weight excluding hydrogens is 262 g/mol. The molecule has 1 aromatic rings. The van der Waals surface area contributed by atoms with Crippen LogP contribution < -0.4 is 5.32 Å². The summed E-state index contributed by atoms with van der Waals surface area (Å²) in [4.78, 5) is 0. The molecule has 1 rings (SSSR count). The molecule has 0 saturated carbocycles. The molecule has 0 aliphatic heterocycles. The largest absolute Gasteiger partial charge is 0.425 e. The van der Waals surface area contributed by atoms with Gasteiger partial charge in [-0.15, -0.1) is 10.2 Å². The van der Waals surface area contributed by atoms with Crippen molar-refractivity contribution in [3.05, 3.63) is 11.8 Å². The summed E-state index contributed by atoms with van der Waals surface area (Å²) in [6.07, 6.45) is 12.1. The number of nitrogens with zero attached hydrogens (tertiary/aromatic N) is 2. The van der Waals surface area contributed by atoms with Crippen LogP contribution in [0.25, 0.3) is 0 Å². The van der Waals surface area contributed by atoms with Crippen LogP contribution in [0.5, 0.6) is 0 Å². The minimum absolute atomic E-state index is 0.542. The fraction of sp³-hybridized carbons (Fsp3) is 0.882. The molecular formula is C17H33N3O. The average molecular weight is 295 g/mol. The van der Waals surface area contributed by atoms with Gasteiger partial charge < -0.3 is 9.73 Å². The van der Waals surface area contributed by atoms with E-state index in [2.05, 4.69) is 36.3 Å². The Balaban J connectivity index is 2.03. The zero-order chi connectivity index (χ0) is 15.3. The van der Waals surface area contributed by atoms with Crippen molar-refractivity contribution in [1.82, 2.24) is 15.5 Å². The molecule has 0 atom stereocenters. The van der Waals surface area contributed by atoms with Crippen molar-refractivity contribution < 1.29 is 4.42 Å². The summed E-state index contributed by atoms with van der Waals surface area (Å²) < 4.78 is 5.69. The molecule has 4 heteroatoms. The van der Waals surface area contributed by atoms with Crippen molar-refractivity contribution in [2.24, 2.45) is 0 Å². The summed E-state index contributed by atoms with van der Waals surface area (Å²) in [5.41, 5.74) is 0. The predicted octanol–water partition coefficient (Wildman–Crippen LogP) is 4.29. The highest BCUT2D eigenvalue weighted by Crippen LogP contribution is 2.10. The number of unbranched alkanes of at least 4 members (excludes halogenated alkanes) is 6. The van der Waals surface area contributed by atoms with Gasteiger partial charge in [0.2, 0.25) is 11.8 Å². The van der Waals surface area contributed by atoms with E-state index in [1.807, 2.05) is 0 Å². The number of rotatable bonds is 13. The van der Waals surface area contributed by atoms with E-state index in [1.54, 1.807) is 0 Å². The second kappa shape index (κ2) is 11.7. The number of aryl methyl sites for hydroxylation is 2. The number of hydrogen-bond donors (Lipinski definition) is 1. The van der Waals surface area contributed by atoms with Gasteiger partial charge in [0.1, 0.15) is 0 Å². The Morgan fingerprint density at radius 3 is 2.05 bits per heavy atom. The van der Waals surface area contributed by atoms with Crippen LogP contribution in [-0.2, 0) is 12.8 Å². The minimum atomic E-state index is 0.542. The fourth-order valence-corrected chi connectivity index (χ4v) is 2.35. The lowest BCUT2D eigenvalue weighted by Crippen LogP contribution is -2.23. The Hall–Kier alpha value is -0.900. The van der Waals surface area contributed by atoms with Gasteiger partial charge in [0.05, 0.1) is 0 Å². The minimum Gasteiger partial charge on any atom is -0.425 e. The first kappa shape index (κ1) is 18.1. The van der Waals surface area contributed by atoms with Crippen molar-refractivity contribution in [2.75, 3.05) is 6.54 Å². The SMILES string of the molecule is CCCCCCCCCc1nnc(CCCNC(C)C)o1. The van der Waals surface area contributed by atoms with Crippen LogP contribution in [0.2, 0.25) is 0 Å². The van der Waals surface area contributed by atoms with Crippen LogP contribution >= 0.6 is 0 Å². The third-order valence-corrected chi connectivity index (χ3v) is 3.62. The molecule has 0 unspecified atom stereocenters. The van der Waals surface area contributed by atoms with E-state index >= 15 is 0 Å². The molecule has 0 aromatic carbocycles. The van der Waals surface area contributed by atoms with Gasteiger partial charge in [-0.25, -0.2) is 0 Å². The van der Waals surface area contributed by atoms with Crippen LogP contribution in [-0.4, -0.2) is 22.8 Å². The number of hydrogen-bond acceptors (Lipinski definition) is 4. The molecule has 0 aliphatic carbocycles. The van der Waals surface area contributed by atoms with Gasteiger partial charge in [-0.2, -0.15) is 0 Å². The maximum absolute atomic E-state index is 5.69. The molecule has 0 saturated heterocycles. The summed E-state index contributed by atoms with van der Waals surface area (Å²) in [5.74, 6) is 1.61. The molecule has 1 N–H and O–H groups in total. The van der Waals surface area contributed by atoms with E-state index < -0.39 is 0 Å². The highest BCUT2D eigenvalue weighted by Gasteiger charge is 2.05. The van der Waals surface area contributed by atoms with Gasteiger partial charge in [-0.1, -0.05) is 59.3 Å². The maximum atomic E-state index is 5.69. The van der Waals surface area contributed by atoms with E-state index in [0.29, 0.717) is 6.04 Å². The maximum Gasteiger partial charge on any atom is 0.216 e. The van der Waals surface area contributed by atoms with Crippen molar-refractivity contribution >= 4 is 0 Å². The van der Waals surface area contributed by atoms with Gasteiger partial charge >= 0.3 is 0 Å². The second-order valence-corrected chi connectivity index (χ2v) is 6.17. The summed E-state index contributed by atoms with van der Waals surface area (Å²) in [6.45, 7) is 7.58. The molecule has 4 nitrogen and oxygen atoms in total. The first-order valence-electron chi connectivity index (χ1n) is 8.77. The summed E-state index contributed by atoms with van der Waals surface area (Å²) in [6, 6.07) is 0.542. The third kappa shape index (κ3) is 9.62. The molecule has 0 spiro atoms. The van der Waals surface area contributed by atoms with E-state index in [-0.39, 0.29) is 0 Å².